The molecule has 4 nitrogen and oxygen atoms in total. The van der Waals surface area contributed by atoms with Crippen molar-refractivity contribution in [2.24, 2.45) is 5.10 Å². The van der Waals surface area contributed by atoms with Crippen LogP contribution in [0.3, 0.4) is 0 Å². The Morgan fingerprint density at radius 2 is 1.63 bits per heavy atom. The van der Waals surface area contributed by atoms with Crippen LogP contribution >= 0.6 is 11.6 Å². The second-order valence-corrected chi connectivity index (χ2v) is 7.12. The number of nitrogens with one attached hydrogen (secondary N) is 1. The van der Waals surface area contributed by atoms with Gasteiger partial charge in [-0.3, -0.25) is 4.79 Å². The lowest BCUT2D eigenvalue weighted by atomic mass is 10.1. The molecular formula is C25H19ClN2O2. The van der Waals surface area contributed by atoms with Crippen LogP contribution in [-0.2, 0) is 6.61 Å². The molecule has 0 aliphatic heterocycles. The molecule has 0 bridgehead atoms. The molecule has 4 aromatic rings. The number of amides is 1. The van der Waals surface area contributed by atoms with Crippen molar-refractivity contribution in [3.63, 3.8) is 0 Å². The van der Waals surface area contributed by atoms with Gasteiger partial charge in [-0.15, -0.1) is 0 Å². The van der Waals surface area contributed by atoms with Crippen molar-refractivity contribution in [1.29, 1.82) is 0 Å². The molecular weight excluding hydrogens is 396 g/mol. The van der Waals surface area contributed by atoms with E-state index in [1.807, 2.05) is 60.7 Å². The summed E-state index contributed by atoms with van der Waals surface area (Å²) in [5.74, 6) is 0.156. The molecule has 1 N–H and O–H groups in total. The number of carbonyl (C=O) groups is 1. The molecule has 0 unspecified atom stereocenters. The van der Waals surface area contributed by atoms with E-state index in [-0.39, 0.29) is 5.91 Å². The van der Waals surface area contributed by atoms with Gasteiger partial charge in [0.25, 0.3) is 5.91 Å². The van der Waals surface area contributed by atoms with Crippen LogP contribution in [-0.4, -0.2) is 12.1 Å². The zero-order chi connectivity index (χ0) is 20.8. The van der Waals surface area contributed by atoms with E-state index < -0.39 is 0 Å². The topological polar surface area (TPSA) is 50.7 Å². The summed E-state index contributed by atoms with van der Waals surface area (Å²) in [5, 5.41) is 7.00. The first-order chi connectivity index (χ1) is 14.7. The fourth-order valence-corrected chi connectivity index (χ4v) is 3.23. The van der Waals surface area contributed by atoms with Gasteiger partial charge in [0.2, 0.25) is 0 Å². The number of hydrazone groups is 1. The molecule has 0 radical (unpaired) electrons. The number of fused-ring (bicyclic) bond motifs is 1. The first kappa shape index (κ1) is 19.7. The first-order valence-electron chi connectivity index (χ1n) is 9.48. The number of rotatable bonds is 6. The van der Waals surface area contributed by atoms with E-state index in [0.29, 0.717) is 22.9 Å². The largest absolute Gasteiger partial charge is 0.488 e. The minimum absolute atomic E-state index is 0.334. The van der Waals surface area contributed by atoms with Crippen molar-refractivity contribution in [1.82, 2.24) is 5.43 Å². The van der Waals surface area contributed by atoms with Crippen molar-refractivity contribution < 1.29 is 9.53 Å². The number of hydrogen-bond donors (Lipinski definition) is 1. The number of benzene rings is 4. The molecule has 0 aliphatic carbocycles. The van der Waals surface area contributed by atoms with Crippen LogP contribution in [0.15, 0.2) is 96.1 Å². The van der Waals surface area contributed by atoms with Gasteiger partial charge in [0.1, 0.15) is 12.4 Å². The first-order valence-corrected chi connectivity index (χ1v) is 9.86. The lowest BCUT2D eigenvalue weighted by molar-refractivity contribution is 0.0950. The fraction of sp³-hybridized carbons (Fsp3) is 0.0400. The highest BCUT2D eigenvalue weighted by molar-refractivity contribution is 6.30. The summed E-state index contributed by atoms with van der Waals surface area (Å²) in [6.45, 7) is 0.334. The third-order valence-corrected chi connectivity index (χ3v) is 4.88. The van der Waals surface area contributed by atoms with E-state index in [1.54, 1.807) is 36.5 Å². The van der Waals surface area contributed by atoms with Crippen LogP contribution in [0.4, 0.5) is 0 Å². The number of ether oxygens (including phenoxy) is 1. The van der Waals surface area contributed by atoms with Crippen molar-refractivity contribution in [3.05, 3.63) is 113 Å². The minimum atomic E-state index is -0.335. The molecule has 0 atom stereocenters. The molecule has 5 heteroatoms. The van der Waals surface area contributed by atoms with Gasteiger partial charge < -0.3 is 4.74 Å². The average molecular weight is 415 g/mol. The number of hydrogen-bond acceptors (Lipinski definition) is 3. The second kappa shape index (κ2) is 9.25. The highest BCUT2D eigenvalue weighted by Crippen LogP contribution is 2.20. The molecule has 30 heavy (non-hydrogen) atoms. The van der Waals surface area contributed by atoms with Gasteiger partial charge in [-0.1, -0.05) is 78.3 Å². The van der Waals surface area contributed by atoms with Gasteiger partial charge >= 0.3 is 0 Å². The van der Waals surface area contributed by atoms with Gasteiger partial charge in [-0.2, -0.15) is 5.10 Å². The number of nitrogens with zero attached hydrogens (tertiary/aromatic N) is 1. The van der Waals surface area contributed by atoms with Crippen molar-refractivity contribution in [3.8, 4) is 5.75 Å². The standard InChI is InChI=1S/C25H19ClN2O2/c26-21-14-12-18(13-15-21)17-30-24-11-4-3-10-23(24)25(29)28-27-16-20-8-5-7-19-6-1-2-9-22(19)20/h1-16H,17H2,(H,28,29)/b27-16+. The zero-order valence-electron chi connectivity index (χ0n) is 16.1. The van der Waals surface area contributed by atoms with Gasteiger partial charge in [-0.05, 0) is 40.6 Å². The lowest BCUT2D eigenvalue weighted by Gasteiger charge is -2.10. The van der Waals surface area contributed by atoms with Gasteiger partial charge in [0.15, 0.2) is 0 Å². The summed E-state index contributed by atoms with van der Waals surface area (Å²) in [6.07, 6.45) is 1.65. The summed E-state index contributed by atoms with van der Waals surface area (Å²) in [4.78, 5) is 12.7. The monoisotopic (exact) mass is 414 g/mol. The van der Waals surface area contributed by atoms with Crippen molar-refractivity contribution >= 4 is 34.5 Å². The van der Waals surface area contributed by atoms with Crippen LogP contribution in [0.5, 0.6) is 5.75 Å². The predicted octanol–water partition coefficient (Wildman–Crippen LogP) is 5.84. The molecule has 0 aliphatic rings. The third kappa shape index (κ3) is 4.67. The Morgan fingerprint density at radius 3 is 2.50 bits per heavy atom. The summed E-state index contributed by atoms with van der Waals surface area (Å²) in [5.41, 5.74) is 4.90. The minimum Gasteiger partial charge on any atom is -0.488 e. The highest BCUT2D eigenvalue weighted by Gasteiger charge is 2.11. The molecule has 4 aromatic carbocycles. The van der Waals surface area contributed by atoms with E-state index >= 15 is 0 Å². The van der Waals surface area contributed by atoms with Gasteiger partial charge in [0.05, 0.1) is 11.8 Å². The van der Waals surface area contributed by atoms with Gasteiger partial charge in [-0.25, -0.2) is 5.43 Å². The number of para-hydroxylation sites is 1. The Labute approximate surface area is 179 Å². The van der Waals surface area contributed by atoms with E-state index in [2.05, 4.69) is 10.5 Å². The third-order valence-electron chi connectivity index (χ3n) is 4.63. The quantitative estimate of drug-likeness (QED) is 0.318. The maximum atomic E-state index is 12.7. The van der Waals surface area contributed by atoms with E-state index in [9.17, 15) is 4.79 Å². The number of carbonyl (C=O) groups excluding carboxylic acids is 1. The summed E-state index contributed by atoms with van der Waals surface area (Å²) >= 11 is 5.91. The molecule has 0 aromatic heterocycles. The van der Waals surface area contributed by atoms with Crippen LogP contribution in [0, 0.1) is 0 Å². The Balaban J connectivity index is 1.45. The average Bonchev–Trinajstić information content (AvgIpc) is 2.79. The molecule has 148 valence electrons. The Bertz CT molecular complexity index is 1200. The van der Waals surface area contributed by atoms with Crippen LogP contribution in [0.25, 0.3) is 10.8 Å². The highest BCUT2D eigenvalue weighted by atomic mass is 35.5. The number of halogens is 1. The van der Waals surface area contributed by atoms with Crippen molar-refractivity contribution in [2.45, 2.75) is 6.61 Å². The van der Waals surface area contributed by atoms with Crippen LogP contribution < -0.4 is 10.2 Å². The van der Waals surface area contributed by atoms with Crippen LogP contribution in [0.1, 0.15) is 21.5 Å². The summed E-state index contributed by atoms with van der Waals surface area (Å²) in [7, 11) is 0. The smallest absolute Gasteiger partial charge is 0.275 e. The van der Waals surface area contributed by atoms with Gasteiger partial charge in [0, 0.05) is 10.6 Å². The molecule has 0 saturated heterocycles. The Hall–Kier alpha value is -3.63. The maximum absolute atomic E-state index is 12.7. The molecule has 0 saturated carbocycles. The summed E-state index contributed by atoms with van der Waals surface area (Å²) < 4.78 is 5.85. The van der Waals surface area contributed by atoms with E-state index in [1.165, 1.54) is 0 Å². The maximum Gasteiger partial charge on any atom is 0.275 e. The summed E-state index contributed by atoms with van der Waals surface area (Å²) in [6, 6.07) is 28.5. The van der Waals surface area contributed by atoms with Crippen molar-refractivity contribution in [2.75, 3.05) is 0 Å². The molecule has 0 fully saturated rings. The normalized spacial score (nSPS) is 11.0. The zero-order valence-corrected chi connectivity index (χ0v) is 16.8. The second-order valence-electron chi connectivity index (χ2n) is 6.68. The van der Waals surface area contributed by atoms with Crippen LogP contribution in [0.2, 0.25) is 5.02 Å². The fourth-order valence-electron chi connectivity index (χ4n) is 3.11. The lowest BCUT2D eigenvalue weighted by Crippen LogP contribution is -2.18. The predicted molar refractivity (Wildman–Crippen MR) is 121 cm³/mol. The Morgan fingerprint density at radius 1 is 0.900 bits per heavy atom. The van der Waals surface area contributed by atoms with E-state index in [0.717, 1.165) is 21.9 Å². The SMILES string of the molecule is O=C(N/N=C/c1cccc2ccccc12)c1ccccc1OCc1ccc(Cl)cc1. The molecule has 4 rings (SSSR count). The molecule has 0 heterocycles. The Kier molecular flexibility index (Phi) is 6.06. The van der Waals surface area contributed by atoms with E-state index in [4.69, 9.17) is 16.3 Å². The molecule has 1 amide bonds. The molecule has 0 spiro atoms.